The van der Waals surface area contributed by atoms with Crippen molar-refractivity contribution in [2.45, 2.75) is 204 Å². The standard InChI is InChI=1S/C20H36O4.2C8H17.Sn/c1-3-5-7-9-11-13-15-17(19(21)22)18(20(23)24)16-14-12-10-8-6-4-2;2*1-3-5-7-8-6-4-2;/h3-16H2,1-2H3,(H,21,22)(H,23,24);2*1,3-8H2,2H3;/q;;;+2/p-2. The number of unbranched alkanes of at least 4 members (excludes halogenated alkanes) is 20. The molecule has 0 heterocycles. The van der Waals surface area contributed by atoms with Gasteiger partial charge >= 0.3 is 121 Å². The average molecular weight is 684 g/mol. The molecule has 0 fully saturated rings. The number of carbonyl (C=O) groups is 2. The van der Waals surface area contributed by atoms with E-state index in [1.54, 1.807) is 21.7 Å². The third kappa shape index (κ3) is 32.2. The van der Waals surface area contributed by atoms with Gasteiger partial charge in [-0.3, -0.25) is 0 Å². The zero-order valence-corrected chi connectivity index (χ0v) is 30.8. The summed E-state index contributed by atoms with van der Waals surface area (Å²) in [5, 5.41) is 22.7. The molecule has 41 heavy (non-hydrogen) atoms. The van der Waals surface area contributed by atoms with Crippen LogP contribution in [0.15, 0.2) is 11.1 Å². The summed E-state index contributed by atoms with van der Waals surface area (Å²) in [4.78, 5) is 22.7. The fourth-order valence-electron chi connectivity index (χ4n) is 5.10. The van der Waals surface area contributed by atoms with Crippen molar-refractivity contribution in [3.05, 3.63) is 11.1 Å². The molecule has 0 saturated heterocycles. The van der Waals surface area contributed by atoms with Gasteiger partial charge in [0.25, 0.3) is 0 Å². The summed E-state index contributed by atoms with van der Waals surface area (Å²) in [6.45, 7) is 8.89. The van der Waals surface area contributed by atoms with Gasteiger partial charge in [0.1, 0.15) is 0 Å². The number of aliphatic carboxylic acids is 2. The predicted molar refractivity (Wildman–Crippen MR) is 175 cm³/mol. The van der Waals surface area contributed by atoms with Crippen molar-refractivity contribution in [2.75, 3.05) is 0 Å². The van der Waals surface area contributed by atoms with Crippen molar-refractivity contribution in [3.8, 4) is 0 Å². The molecular weight excluding hydrogens is 615 g/mol. The first kappa shape index (κ1) is 42.6. The summed E-state index contributed by atoms with van der Waals surface area (Å²) >= 11 is 0.0736. The Morgan fingerprint density at radius 2 is 0.634 bits per heavy atom. The molecule has 0 atom stereocenters. The Morgan fingerprint density at radius 1 is 0.390 bits per heavy atom. The van der Waals surface area contributed by atoms with E-state index >= 15 is 0 Å². The van der Waals surface area contributed by atoms with Crippen LogP contribution in [0, 0.1) is 0 Å². The van der Waals surface area contributed by atoms with Gasteiger partial charge in [0.05, 0.1) is 11.9 Å². The van der Waals surface area contributed by atoms with E-state index in [0.29, 0.717) is 12.8 Å². The summed E-state index contributed by atoms with van der Waals surface area (Å²) in [6.07, 6.45) is 30.7. The number of rotatable bonds is 30. The molecule has 0 aliphatic carbocycles. The van der Waals surface area contributed by atoms with Gasteiger partial charge in [-0.25, -0.2) is 0 Å². The van der Waals surface area contributed by atoms with Crippen molar-refractivity contribution in [1.29, 1.82) is 0 Å². The molecule has 0 spiro atoms. The number of hydrogen-bond acceptors (Lipinski definition) is 4. The molecule has 0 amide bonds. The number of hydrogen-bond donors (Lipinski definition) is 0. The average Bonchev–Trinajstić information content (AvgIpc) is 2.95. The van der Waals surface area contributed by atoms with Crippen LogP contribution in [0.5, 0.6) is 0 Å². The molecule has 0 unspecified atom stereocenters. The van der Waals surface area contributed by atoms with Crippen molar-refractivity contribution in [3.63, 3.8) is 0 Å². The third-order valence-corrected chi connectivity index (χ3v) is 11.9. The van der Waals surface area contributed by atoms with Crippen LogP contribution in [-0.4, -0.2) is 33.1 Å². The summed E-state index contributed by atoms with van der Waals surface area (Å²) in [7, 11) is 0. The second-order valence-corrected chi connectivity index (χ2v) is 16.1. The second-order valence-electron chi connectivity index (χ2n) is 11.9. The molecular formula is C36H68O4Sn. The zero-order valence-electron chi connectivity index (χ0n) is 27.9. The fraction of sp³-hybridized carbons (Fsp3) is 0.889. The van der Waals surface area contributed by atoms with Crippen LogP contribution >= 0.6 is 0 Å². The molecule has 0 radical (unpaired) electrons. The molecule has 0 aliphatic heterocycles. The molecule has 0 aromatic rings. The Labute approximate surface area is 266 Å². The summed E-state index contributed by atoms with van der Waals surface area (Å²) < 4.78 is 3.31. The van der Waals surface area contributed by atoms with E-state index in [4.69, 9.17) is 0 Å². The van der Waals surface area contributed by atoms with Crippen molar-refractivity contribution >= 4 is 33.1 Å². The molecule has 0 aromatic heterocycles. The minimum atomic E-state index is -1.35. The van der Waals surface area contributed by atoms with Crippen molar-refractivity contribution in [2.24, 2.45) is 0 Å². The second kappa shape index (κ2) is 35.7. The molecule has 0 saturated carbocycles. The predicted octanol–water partition coefficient (Wildman–Crippen LogP) is 9.53. The van der Waals surface area contributed by atoms with E-state index in [1.807, 2.05) is 0 Å². The summed E-state index contributed by atoms with van der Waals surface area (Å²) in [6, 6.07) is 0. The van der Waals surface area contributed by atoms with Crippen molar-refractivity contribution in [1.82, 2.24) is 0 Å². The molecule has 0 aromatic carbocycles. The van der Waals surface area contributed by atoms with Crippen LogP contribution in [0.3, 0.4) is 0 Å². The van der Waals surface area contributed by atoms with Crippen LogP contribution < -0.4 is 10.2 Å². The van der Waals surface area contributed by atoms with Gasteiger partial charge in [0, 0.05) is 0 Å². The van der Waals surface area contributed by atoms with Crippen molar-refractivity contribution < 1.29 is 19.8 Å². The van der Waals surface area contributed by atoms with E-state index in [1.165, 1.54) is 77.0 Å². The Hall–Kier alpha value is -0.521. The molecule has 0 N–H and O–H groups in total. The first-order valence-electron chi connectivity index (χ1n) is 17.8. The third-order valence-electron chi connectivity index (χ3n) is 7.83. The molecule has 4 nitrogen and oxygen atoms in total. The van der Waals surface area contributed by atoms with Crippen LogP contribution in [0.2, 0.25) is 8.87 Å². The zero-order chi connectivity index (χ0) is 30.8. The van der Waals surface area contributed by atoms with Gasteiger partial charge in [-0.2, -0.15) is 0 Å². The summed E-state index contributed by atoms with van der Waals surface area (Å²) in [5.74, 6) is -2.71. The van der Waals surface area contributed by atoms with E-state index < -0.39 is 11.9 Å². The maximum absolute atomic E-state index is 11.3. The van der Waals surface area contributed by atoms with Crippen LogP contribution in [0.1, 0.15) is 195 Å². The van der Waals surface area contributed by atoms with E-state index in [9.17, 15) is 19.8 Å². The Balaban J connectivity index is 0. The minimum absolute atomic E-state index is 0.0564. The number of carboxylic acids is 2. The van der Waals surface area contributed by atoms with Gasteiger partial charge in [-0.15, -0.1) is 0 Å². The van der Waals surface area contributed by atoms with Gasteiger partial charge in [0.15, 0.2) is 0 Å². The van der Waals surface area contributed by atoms with Crippen LogP contribution in [0.4, 0.5) is 0 Å². The van der Waals surface area contributed by atoms with E-state index in [0.717, 1.165) is 51.4 Å². The summed E-state index contributed by atoms with van der Waals surface area (Å²) in [5.41, 5.74) is -0.113. The maximum atomic E-state index is 11.3. The van der Waals surface area contributed by atoms with E-state index in [2.05, 4.69) is 27.7 Å². The first-order valence-corrected chi connectivity index (χ1v) is 21.8. The van der Waals surface area contributed by atoms with Gasteiger partial charge in [-0.1, -0.05) is 78.1 Å². The SMILES string of the molecule is CCCCCCCCC(C(=O)[O-])=C(CCCCCCCC)C(=O)[O-].CCCCCCC[CH2][Sn+2][CH2]CCCCCCC. The molecule has 0 bridgehead atoms. The Morgan fingerprint density at radius 3 is 0.902 bits per heavy atom. The van der Waals surface area contributed by atoms with E-state index in [-0.39, 0.29) is 45.1 Å². The quantitative estimate of drug-likeness (QED) is 0.0429. The first-order chi connectivity index (χ1) is 20.0. The normalized spacial score (nSPS) is 11.4. The molecule has 240 valence electrons. The van der Waals surface area contributed by atoms with Crippen LogP contribution in [0.25, 0.3) is 0 Å². The van der Waals surface area contributed by atoms with Gasteiger partial charge < -0.3 is 19.8 Å². The molecule has 5 heteroatoms. The number of carboxylic acid groups (broad SMARTS) is 2. The molecule has 0 aliphatic rings. The monoisotopic (exact) mass is 684 g/mol. The number of carbonyl (C=O) groups excluding carboxylic acids is 2. The fourth-order valence-corrected chi connectivity index (χ4v) is 8.67. The van der Waals surface area contributed by atoms with Gasteiger partial charge in [0.2, 0.25) is 0 Å². The Bertz CT molecular complexity index is 552. The molecule has 0 rings (SSSR count). The topological polar surface area (TPSA) is 80.3 Å². The van der Waals surface area contributed by atoms with Crippen LogP contribution in [-0.2, 0) is 9.59 Å². The van der Waals surface area contributed by atoms with Gasteiger partial charge in [-0.05, 0) is 36.8 Å². The Kier molecular flexibility index (Phi) is 37.1.